The van der Waals surface area contributed by atoms with Gasteiger partial charge in [-0.05, 0) is 29.6 Å². The predicted molar refractivity (Wildman–Crippen MR) is 102 cm³/mol. The van der Waals surface area contributed by atoms with E-state index < -0.39 is 0 Å². The highest BCUT2D eigenvalue weighted by atomic mass is 32.1. The minimum atomic E-state index is -0.159. The molecule has 0 atom stereocenters. The fraction of sp³-hybridized carbons (Fsp3) is 0.222. The molecule has 1 aliphatic rings. The summed E-state index contributed by atoms with van der Waals surface area (Å²) in [6.07, 6.45) is 0.580. The van der Waals surface area contributed by atoms with E-state index in [1.807, 2.05) is 29.0 Å². The van der Waals surface area contributed by atoms with Crippen molar-refractivity contribution in [2.45, 2.75) is 12.8 Å². The molecule has 2 aromatic heterocycles. The van der Waals surface area contributed by atoms with E-state index in [9.17, 15) is 9.59 Å². The Morgan fingerprint density at radius 1 is 1.33 bits per heavy atom. The Morgan fingerprint density at radius 3 is 3.04 bits per heavy atom. The number of rotatable bonds is 6. The number of amides is 3. The van der Waals surface area contributed by atoms with Crippen molar-refractivity contribution >= 4 is 34.6 Å². The van der Waals surface area contributed by atoms with Crippen molar-refractivity contribution in [2.24, 2.45) is 0 Å². The van der Waals surface area contributed by atoms with Gasteiger partial charge in [-0.25, -0.2) is 4.79 Å². The molecule has 0 bridgehead atoms. The molecule has 0 unspecified atom stereocenters. The first-order valence-electron chi connectivity index (χ1n) is 8.49. The molecule has 9 heteroatoms. The minimum Gasteiger partial charge on any atom is -0.421 e. The number of nitrogens with zero attached hydrogens (tertiary/aromatic N) is 3. The van der Waals surface area contributed by atoms with Crippen molar-refractivity contribution in [1.82, 2.24) is 15.5 Å². The van der Waals surface area contributed by atoms with Gasteiger partial charge in [0.05, 0.1) is 0 Å². The third-order valence-electron chi connectivity index (χ3n) is 4.10. The zero-order valence-electron chi connectivity index (χ0n) is 14.3. The highest BCUT2D eigenvalue weighted by Gasteiger charge is 2.21. The molecule has 4 rings (SSSR count). The van der Waals surface area contributed by atoms with E-state index in [1.165, 1.54) is 0 Å². The second-order valence-corrected chi connectivity index (χ2v) is 6.78. The first-order valence-corrected chi connectivity index (χ1v) is 9.43. The maximum atomic E-state index is 12.2. The smallest absolute Gasteiger partial charge is 0.321 e. The molecule has 3 heterocycles. The van der Waals surface area contributed by atoms with Crippen LogP contribution in [0.4, 0.5) is 16.2 Å². The number of carbonyl (C=O) groups is 2. The van der Waals surface area contributed by atoms with Gasteiger partial charge in [-0.15, -0.1) is 10.2 Å². The highest BCUT2D eigenvalue weighted by Crippen LogP contribution is 2.22. The van der Waals surface area contributed by atoms with Gasteiger partial charge in [0.25, 0.3) is 0 Å². The summed E-state index contributed by atoms with van der Waals surface area (Å²) in [6.45, 7) is 1.23. The summed E-state index contributed by atoms with van der Waals surface area (Å²) in [5.74, 6) is 0.727. The number of anilines is 2. The van der Waals surface area contributed by atoms with Crippen LogP contribution >= 0.6 is 11.3 Å². The van der Waals surface area contributed by atoms with Gasteiger partial charge in [0, 0.05) is 48.2 Å². The summed E-state index contributed by atoms with van der Waals surface area (Å²) >= 11 is 1.55. The monoisotopic (exact) mass is 383 g/mol. The second kappa shape index (κ2) is 7.58. The molecule has 138 valence electrons. The van der Waals surface area contributed by atoms with E-state index in [2.05, 4.69) is 20.8 Å². The SMILES string of the molecule is O=C(CCc1nnc(-c2ccsc2)o1)Nc1cccc(N2CCNC2=O)c1. The molecule has 3 amide bonds. The Labute approximate surface area is 159 Å². The van der Waals surface area contributed by atoms with Gasteiger partial charge in [-0.1, -0.05) is 6.07 Å². The maximum Gasteiger partial charge on any atom is 0.321 e. The van der Waals surface area contributed by atoms with Gasteiger partial charge in [-0.2, -0.15) is 11.3 Å². The molecule has 0 saturated carbocycles. The molecular weight excluding hydrogens is 366 g/mol. The van der Waals surface area contributed by atoms with Crippen LogP contribution in [-0.2, 0) is 11.2 Å². The predicted octanol–water partition coefficient (Wildman–Crippen LogP) is 2.90. The van der Waals surface area contributed by atoms with Gasteiger partial charge in [0.1, 0.15) is 0 Å². The Kier molecular flexibility index (Phi) is 4.84. The van der Waals surface area contributed by atoms with Crippen molar-refractivity contribution < 1.29 is 14.0 Å². The molecule has 2 N–H and O–H groups in total. The summed E-state index contributed by atoms with van der Waals surface area (Å²) < 4.78 is 5.58. The Morgan fingerprint density at radius 2 is 2.26 bits per heavy atom. The van der Waals surface area contributed by atoms with Crippen molar-refractivity contribution in [3.05, 3.63) is 47.0 Å². The molecular formula is C18H17N5O3S. The number of nitrogens with one attached hydrogen (secondary N) is 2. The zero-order valence-corrected chi connectivity index (χ0v) is 15.2. The lowest BCUT2D eigenvalue weighted by Crippen LogP contribution is -2.27. The summed E-state index contributed by atoms with van der Waals surface area (Å²) in [6, 6.07) is 8.99. The van der Waals surface area contributed by atoms with Gasteiger partial charge >= 0.3 is 6.03 Å². The van der Waals surface area contributed by atoms with Crippen LogP contribution in [0.3, 0.4) is 0 Å². The minimum absolute atomic E-state index is 0.128. The molecule has 0 spiro atoms. The average molecular weight is 383 g/mol. The van der Waals surface area contributed by atoms with E-state index in [0.717, 1.165) is 11.3 Å². The third-order valence-corrected chi connectivity index (χ3v) is 4.78. The lowest BCUT2D eigenvalue weighted by molar-refractivity contribution is -0.116. The highest BCUT2D eigenvalue weighted by molar-refractivity contribution is 7.08. The first-order chi connectivity index (χ1) is 13.2. The molecule has 1 fully saturated rings. The number of aromatic nitrogens is 2. The van der Waals surface area contributed by atoms with E-state index in [-0.39, 0.29) is 18.4 Å². The molecule has 0 radical (unpaired) electrons. The van der Waals surface area contributed by atoms with Gasteiger partial charge in [0.2, 0.25) is 17.7 Å². The van der Waals surface area contributed by atoms with E-state index >= 15 is 0 Å². The van der Waals surface area contributed by atoms with Crippen LogP contribution in [0.15, 0.2) is 45.5 Å². The lowest BCUT2D eigenvalue weighted by Gasteiger charge is -2.15. The van der Waals surface area contributed by atoms with Crippen molar-refractivity contribution in [1.29, 1.82) is 0 Å². The molecule has 8 nitrogen and oxygen atoms in total. The van der Waals surface area contributed by atoms with Crippen LogP contribution < -0.4 is 15.5 Å². The average Bonchev–Trinajstić information content (AvgIpc) is 3.41. The normalized spacial score (nSPS) is 13.6. The fourth-order valence-corrected chi connectivity index (χ4v) is 3.40. The first kappa shape index (κ1) is 17.2. The van der Waals surface area contributed by atoms with Crippen molar-refractivity contribution in [2.75, 3.05) is 23.3 Å². The van der Waals surface area contributed by atoms with Gasteiger partial charge in [-0.3, -0.25) is 9.69 Å². The van der Waals surface area contributed by atoms with E-state index in [0.29, 0.717) is 37.0 Å². The summed E-state index contributed by atoms with van der Waals surface area (Å²) in [4.78, 5) is 25.6. The standard InChI is InChI=1S/C18H17N5O3S/c24-15(4-5-16-21-22-17(26-16)12-6-9-27-11-12)20-13-2-1-3-14(10-13)23-8-7-19-18(23)25/h1-3,6,9-11H,4-5,7-8H2,(H,19,25)(H,20,24). The summed E-state index contributed by atoms with van der Waals surface area (Å²) in [5.41, 5.74) is 2.27. The molecule has 27 heavy (non-hydrogen) atoms. The quantitative estimate of drug-likeness (QED) is 0.682. The van der Waals surface area contributed by atoms with Crippen LogP contribution in [-0.4, -0.2) is 35.2 Å². The number of benzene rings is 1. The number of hydrogen-bond acceptors (Lipinski definition) is 6. The topological polar surface area (TPSA) is 100 Å². The van der Waals surface area contributed by atoms with Crippen LogP contribution in [0, 0.1) is 0 Å². The lowest BCUT2D eigenvalue weighted by atomic mass is 10.2. The number of thiophene rings is 1. The van der Waals surface area contributed by atoms with Gasteiger partial charge < -0.3 is 15.1 Å². The van der Waals surface area contributed by atoms with Crippen LogP contribution in [0.5, 0.6) is 0 Å². The van der Waals surface area contributed by atoms with Crippen LogP contribution in [0.1, 0.15) is 12.3 Å². The summed E-state index contributed by atoms with van der Waals surface area (Å²) in [7, 11) is 0. The van der Waals surface area contributed by atoms with E-state index in [1.54, 1.807) is 28.4 Å². The van der Waals surface area contributed by atoms with Gasteiger partial charge in [0.15, 0.2) is 0 Å². The molecule has 1 aliphatic heterocycles. The number of urea groups is 1. The largest absolute Gasteiger partial charge is 0.421 e. The molecule has 3 aromatic rings. The zero-order chi connectivity index (χ0) is 18.6. The Bertz CT molecular complexity index is 954. The van der Waals surface area contributed by atoms with Crippen LogP contribution in [0.2, 0.25) is 0 Å². The van der Waals surface area contributed by atoms with Crippen molar-refractivity contribution in [3.8, 4) is 11.5 Å². The third kappa shape index (κ3) is 3.98. The number of aryl methyl sites for hydroxylation is 1. The van der Waals surface area contributed by atoms with E-state index in [4.69, 9.17) is 4.42 Å². The molecule has 1 aromatic carbocycles. The summed E-state index contributed by atoms with van der Waals surface area (Å²) in [5, 5.41) is 17.4. The molecule has 0 aliphatic carbocycles. The fourth-order valence-electron chi connectivity index (χ4n) is 2.77. The van der Waals surface area contributed by atoms with Crippen molar-refractivity contribution in [3.63, 3.8) is 0 Å². The maximum absolute atomic E-state index is 12.2. The Hall–Kier alpha value is -3.20. The second-order valence-electron chi connectivity index (χ2n) is 6.00. The number of hydrogen-bond donors (Lipinski definition) is 2. The van der Waals surface area contributed by atoms with Crippen LogP contribution in [0.25, 0.3) is 11.5 Å². The Balaban J connectivity index is 1.34. The number of carbonyl (C=O) groups excluding carboxylic acids is 2. The molecule has 1 saturated heterocycles.